The Morgan fingerprint density at radius 2 is 2.05 bits per heavy atom. The zero-order chi connectivity index (χ0) is 13.8. The van der Waals surface area contributed by atoms with Crippen molar-refractivity contribution >= 4 is 15.9 Å². The van der Waals surface area contributed by atoms with Crippen LogP contribution >= 0.6 is 15.9 Å². The molecule has 0 bridgehead atoms. The molecule has 0 saturated carbocycles. The summed E-state index contributed by atoms with van der Waals surface area (Å²) in [5, 5.41) is 0. The number of ether oxygens (including phenoxy) is 2. The van der Waals surface area contributed by atoms with Gasteiger partial charge in [0.1, 0.15) is 11.6 Å². The second-order valence-corrected chi connectivity index (χ2v) is 4.54. The van der Waals surface area contributed by atoms with Crippen LogP contribution in [0.15, 0.2) is 34.9 Å². The fourth-order valence-corrected chi connectivity index (χ4v) is 2.16. The van der Waals surface area contributed by atoms with Crippen LogP contribution in [0.1, 0.15) is 0 Å². The smallest absolute Gasteiger partial charge is 0.213 e. The maximum atomic E-state index is 13.5. The Hall–Kier alpha value is -1.53. The third-order valence-electron chi connectivity index (χ3n) is 2.37. The maximum Gasteiger partial charge on any atom is 0.213 e. The van der Waals surface area contributed by atoms with Gasteiger partial charge in [0, 0.05) is 24.9 Å². The van der Waals surface area contributed by atoms with Gasteiger partial charge in [-0.25, -0.2) is 9.37 Å². The topological polar surface area (TPSA) is 31.4 Å². The SMILES string of the molecule is COCOc1c(Br)cc(F)cc1-c1ccnc(F)c1. The van der Waals surface area contributed by atoms with Gasteiger partial charge in [-0.15, -0.1) is 0 Å². The molecule has 3 nitrogen and oxygen atoms in total. The molecule has 0 spiro atoms. The average molecular weight is 330 g/mol. The van der Waals surface area contributed by atoms with Crippen molar-refractivity contribution in [2.45, 2.75) is 0 Å². The van der Waals surface area contributed by atoms with Crippen LogP contribution in [0.3, 0.4) is 0 Å². The van der Waals surface area contributed by atoms with E-state index in [1.165, 1.54) is 31.5 Å². The lowest BCUT2D eigenvalue weighted by Crippen LogP contribution is -2.01. The van der Waals surface area contributed by atoms with Crippen molar-refractivity contribution < 1.29 is 18.3 Å². The van der Waals surface area contributed by atoms with Crippen molar-refractivity contribution in [1.29, 1.82) is 0 Å². The number of benzene rings is 1. The second kappa shape index (κ2) is 6.08. The van der Waals surface area contributed by atoms with Crippen LogP contribution in [-0.4, -0.2) is 18.9 Å². The van der Waals surface area contributed by atoms with Crippen LogP contribution in [0.2, 0.25) is 0 Å². The number of nitrogens with zero attached hydrogens (tertiary/aromatic N) is 1. The van der Waals surface area contributed by atoms with Crippen molar-refractivity contribution in [2.75, 3.05) is 13.9 Å². The number of halogens is 3. The second-order valence-electron chi connectivity index (χ2n) is 3.68. The van der Waals surface area contributed by atoms with E-state index in [0.717, 1.165) is 0 Å². The molecule has 6 heteroatoms. The average Bonchev–Trinajstić information content (AvgIpc) is 2.37. The molecule has 1 aromatic heterocycles. The Labute approximate surface area is 117 Å². The number of pyridine rings is 1. The van der Waals surface area contributed by atoms with Gasteiger partial charge in [-0.05, 0) is 39.7 Å². The Morgan fingerprint density at radius 1 is 1.26 bits per heavy atom. The van der Waals surface area contributed by atoms with E-state index < -0.39 is 11.8 Å². The van der Waals surface area contributed by atoms with E-state index in [2.05, 4.69) is 20.9 Å². The number of rotatable bonds is 4. The summed E-state index contributed by atoms with van der Waals surface area (Å²) < 4.78 is 37.3. The standard InChI is InChI=1S/C13H10BrF2NO2/c1-18-7-19-13-10(5-9(15)6-11(13)14)8-2-3-17-12(16)4-8/h2-6H,7H2,1H3. The summed E-state index contributed by atoms with van der Waals surface area (Å²) in [6, 6.07) is 5.32. The predicted molar refractivity (Wildman–Crippen MR) is 69.8 cm³/mol. The van der Waals surface area contributed by atoms with Gasteiger partial charge in [0.2, 0.25) is 5.95 Å². The molecule has 0 aliphatic carbocycles. The number of hydrogen-bond donors (Lipinski definition) is 0. The highest BCUT2D eigenvalue weighted by molar-refractivity contribution is 9.10. The first kappa shape index (κ1) is 13.9. The lowest BCUT2D eigenvalue weighted by atomic mass is 10.1. The van der Waals surface area contributed by atoms with Crippen molar-refractivity contribution in [2.24, 2.45) is 0 Å². The van der Waals surface area contributed by atoms with Gasteiger partial charge in [0.05, 0.1) is 4.47 Å². The Kier molecular flexibility index (Phi) is 4.44. The van der Waals surface area contributed by atoms with Crippen LogP contribution in [-0.2, 0) is 4.74 Å². The van der Waals surface area contributed by atoms with Gasteiger partial charge in [-0.1, -0.05) is 0 Å². The van der Waals surface area contributed by atoms with Crippen molar-refractivity contribution in [3.05, 3.63) is 46.7 Å². The van der Waals surface area contributed by atoms with Gasteiger partial charge in [0.25, 0.3) is 0 Å². The normalized spacial score (nSPS) is 10.5. The Balaban J connectivity index is 2.53. The third kappa shape index (κ3) is 3.27. The molecular weight excluding hydrogens is 320 g/mol. The van der Waals surface area contributed by atoms with Gasteiger partial charge >= 0.3 is 0 Å². The number of aromatic nitrogens is 1. The minimum Gasteiger partial charge on any atom is -0.466 e. The summed E-state index contributed by atoms with van der Waals surface area (Å²) in [5.74, 6) is -0.715. The Bertz CT molecular complexity index is 593. The lowest BCUT2D eigenvalue weighted by Gasteiger charge is -2.13. The van der Waals surface area contributed by atoms with Gasteiger partial charge in [0.15, 0.2) is 6.79 Å². The van der Waals surface area contributed by atoms with E-state index in [0.29, 0.717) is 21.3 Å². The van der Waals surface area contributed by atoms with Crippen LogP contribution in [0.25, 0.3) is 11.1 Å². The highest BCUT2D eigenvalue weighted by Crippen LogP contribution is 2.37. The first-order valence-corrected chi connectivity index (χ1v) is 6.14. The van der Waals surface area contributed by atoms with E-state index in [-0.39, 0.29) is 6.79 Å². The molecule has 0 radical (unpaired) electrons. The molecule has 1 aromatic carbocycles. The quantitative estimate of drug-likeness (QED) is 0.632. The summed E-state index contributed by atoms with van der Waals surface area (Å²) in [7, 11) is 1.48. The van der Waals surface area contributed by atoms with Crippen molar-refractivity contribution in [1.82, 2.24) is 4.98 Å². The van der Waals surface area contributed by atoms with E-state index >= 15 is 0 Å². The molecule has 1 heterocycles. The fourth-order valence-electron chi connectivity index (χ4n) is 1.61. The maximum absolute atomic E-state index is 13.5. The monoisotopic (exact) mass is 329 g/mol. The molecule has 19 heavy (non-hydrogen) atoms. The summed E-state index contributed by atoms with van der Waals surface area (Å²) in [6.07, 6.45) is 1.31. The zero-order valence-corrected chi connectivity index (χ0v) is 11.6. The molecule has 2 aromatic rings. The molecular formula is C13H10BrF2NO2. The van der Waals surface area contributed by atoms with Crippen molar-refractivity contribution in [3.8, 4) is 16.9 Å². The van der Waals surface area contributed by atoms with Crippen LogP contribution in [0.5, 0.6) is 5.75 Å². The molecule has 0 N–H and O–H groups in total. The molecule has 2 rings (SSSR count). The summed E-state index contributed by atoms with van der Waals surface area (Å²) in [6.45, 7) is 0.00476. The number of methoxy groups -OCH3 is 1. The first-order valence-electron chi connectivity index (χ1n) is 5.34. The van der Waals surface area contributed by atoms with Crippen LogP contribution < -0.4 is 4.74 Å². The zero-order valence-electron chi connectivity index (χ0n) is 9.99. The Morgan fingerprint density at radius 3 is 2.74 bits per heavy atom. The highest BCUT2D eigenvalue weighted by Gasteiger charge is 2.13. The molecule has 0 saturated heterocycles. The third-order valence-corrected chi connectivity index (χ3v) is 2.96. The first-order chi connectivity index (χ1) is 9.11. The lowest BCUT2D eigenvalue weighted by molar-refractivity contribution is 0.0509. The van der Waals surface area contributed by atoms with E-state index in [4.69, 9.17) is 9.47 Å². The van der Waals surface area contributed by atoms with Gasteiger partial charge in [-0.2, -0.15) is 4.39 Å². The molecule has 0 aliphatic rings. The van der Waals surface area contributed by atoms with Gasteiger partial charge in [-0.3, -0.25) is 0 Å². The summed E-state index contributed by atoms with van der Waals surface area (Å²) in [5.41, 5.74) is 0.893. The molecule has 100 valence electrons. The van der Waals surface area contributed by atoms with Gasteiger partial charge < -0.3 is 9.47 Å². The van der Waals surface area contributed by atoms with E-state index in [1.54, 1.807) is 6.07 Å². The predicted octanol–water partition coefficient (Wildman–Crippen LogP) is 3.77. The summed E-state index contributed by atoms with van der Waals surface area (Å²) in [4.78, 5) is 3.46. The fraction of sp³-hybridized carbons (Fsp3) is 0.154. The van der Waals surface area contributed by atoms with Crippen LogP contribution in [0.4, 0.5) is 8.78 Å². The molecule has 0 amide bonds. The molecule has 0 atom stereocenters. The van der Waals surface area contributed by atoms with Crippen molar-refractivity contribution in [3.63, 3.8) is 0 Å². The molecule has 0 aliphatic heterocycles. The highest BCUT2D eigenvalue weighted by atomic mass is 79.9. The minimum atomic E-state index is -0.643. The molecule has 0 unspecified atom stereocenters. The largest absolute Gasteiger partial charge is 0.466 e. The number of hydrogen-bond acceptors (Lipinski definition) is 3. The summed E-state index contributed by atoms with van der Waals surface area (Å²) >= 11 is 3.21. The minimum absolute atomic E-state index is 0.00476. The van der Waals surface area contributed by atoms with E-state index in [9.17, 15) is 8.78 Å². The van der Waals surface area contributed by atoms with E-state index in [1.807, 2.05) is 0 Å². The van der Waals surface area contributed by atoms with Crippen LogP contribution in [0, 0.1) is 11.8 Å². The molecule has 0 fully saturated rings.